The van der Waals surface area contributed by atoms with Gasteiger partial charge in [-0.05, 0) is 24.0 Å². The highest BCUT2D eigenvalue weighted by molar-refractivity contribution is 7.89. The fraction of sp³-hybridized carbons (Fsp3) is 0.533. The van der Waals surface area contributed by atoms with E-state index in [1.807, 2.05) is 13.8 Å². The molecular formula is C15H21FN2O4S. The standard InChI is InChI=1S/C15H21FN2O4S/c1-15(2)9-18(8-7-12(15)17)23(20,21)11-6-4-5-10(16)13(11)14(19)22-3/h4-6,12H,7-9,17H2,1-3H3. The molecule has 8 heteroatoms. The average Bonchev–Trinajstić information content (AvgIpc) is 2.48. The number of hydrogen-bond acceptors (Lipinski definition) is 5. The molecule has 1 unspecified atom stereocenters. The molecular weight excluding hydrogens is 323 g/mol. The minimum Gasteiger partial charge on any atom is -0.465 e. The maximum atomic E-state index is 14.0. The molecule has 0 bridgehead atoms. The molecule has 1 saturated heterocycles. The number of carbonyl (C=O) groups is 1. The fourth-order valence-electron chi connectivity index (χ4n) is 2.69. The lowest BCUT2D eigenvalue weighted by atomic mass is 9.81. The lowest BCUT2D eigenvalue weighted by Crippen LogP contribution is -2.54. The van der Waals surface area contributed by atoms with Gasteiger partial charge in [0.25, 0.3) is 0 Å². The van der Waals surface area contributed by atoms with Gasteiger partial charge in [-0.1, -0.05) is 19.9 Å². The van der Waals surface area contributed by atoms with Gasteiger partial charge in [-0.15, -0.1) is 0 Å². The first-order valence-corrected chi connectivity index (χ1v) is 8.68. The number of nitrogens with two attached hydrogens (primary N) is 1. The lowest BCUT2D eigenvalue weighted by Gasteiger charge is -2.41. The van der Waals surface area contributed by atoms with Gasteiger partial charge in [-0.3, -0.25) is 0 Å². The first kappa shape index (κ1) is 17.8. The molecule has 0 saturated carbocycles. The summed E-state index contributed by atoms with van der Waals surface area (Å²) in [4.78, 5) is 11.4. The third-order valence-corrected chi connectivity index (χ3v) is 6.15. The monoisotopic (exact) mass is 344 g/mol. The summed E-state index contributed by atoms with van der Waals surface area (Å²) in [6, 6.07) is 3.38. The Kier molecular flexibility index (Phi) is 4.79. The van der Waals surface area contributed by atoms with Crippen molar-refractivity contribution in [3.05, 3.63) is 29.6 Å². The normalized spacial score (nSPS) is 21.9. The molecule has 1 aliphatic heterocycles. The SMILES string of the molecule is COC(=O)c1c(F)cccc1S(=O)(=O)N1CCC(N)C(C)(C)C1. The molecule has 0 aliphatic carbocycles. The van der Waals surface area contributed by atoms with Crippen LogP contribution in [0.1, 0.15) is 30.6 Å². The Morgan fingerprint density at radius 3 is 2.65 bits per heavy atom. The predicted octanol–water partition coefficient (Wildman–Crippen LogP) is 1.36. The number of piperidine rings is 1. The van der Waals surface area contributed by atoms with Gasteiger partial charge in [-0.25, -0.2) is 17.6 Å². The van der Waals surface area contributed by atoms with E-state index in [-0.39, 0.29) is 24.0 Å². The van der Waals surface area contributed by atoms with Gasteiger partial charge in [0.2, 0.25) is 10.0 Å². The number of sulfonamides is 1. The van der Waals surface area contributed by atoms with Crippen LogP contribution in [0.5, 0.6) is 0 Å². The largest absolute Gasteiger partial charge is 0.465 e. The number of carbonyl (C=O) groups excluding carboxylic acids is 1. The second-order valence-electron chi connectivity index (χ2n) is 6.33. The van der Waals surface area contributed by atoms with Crippen LogP contribution < -0.4 is 5.73 Å². The van der Waals surface area contributed by atoms with E-state index in [9.17, 15) is 17.6 Å². The molecule has 1 aromatic rings. The quantitative estimate of drug-likeness (QED) is 0.836. The molecule has 23 heavy (non-hydrogen) atoms. The molecule has 2 N–H and O–H groups in total. The Morgan fingerprint density at radius 2 is 2.09 bits per heavy atom. The van der Waals surface area contributed by atoms with Crippen molar-refractivity contribution in [2.45, 2.75) is 31.2 Å². The summed E-state index contributed by atoms with van der Waals surface area (Å²) >= 11 is 0. The van der Waals surface area contributed by atoms with Crippen molar-refractivity contribution in [3.63, 3.8) is 0 Å². The minimum absolute atomic E-state index is 0.124. The van der Waals surface area contributed by atoms with E-state index in [2.05, 4.69) is 4.74 Å². The number of rotatable bonds is 3. The Bertz CT molecular complexity index is 718. The Balaban J connectivity index is 2.49. The second-order valence-corrected chi connectivity index (χ2v) is 8.23. The van der Waals surface area contributed by atoms with E-state index in [0.29, 0.717) is 6.42 Å². The van der Waals surface area contributed by atoms with Crippen LogP contribution in [0.3, 0.4) is 0 Å². The van der Waals surface area contributed by atoms with E-state index < -0.39 is 32.8 Å². The van der Waals surface area contributed by atoms with Crippen molar-refractivity contribution in [1.29, 1.82) is 0 Å². The predicted molar refractivity (Wildman–Crippen MR) is 82.9 cm³/mol. The number of hydrogen-bond donors (Lipinski definition) is 1. The van der Waals surface area contributed by atoms with Gasteiger partial charge in [0.15, 0.2) is 0 Å². The van der Waals surface area contributed by atoms with E-state index >= 15 is 0 Å². The highest BCUT2D eigenvalue weighted by Crippen LogP contribution is 2.32. The van der Waals surface area contributed by atoms with Crippen molar-refractivity contribution in [2.75, 3.05) is 20.2 Å². The van der Waals surface area contributed by atoms with Crippen LogP contribution in [0.4, 0.5) is 4.39 Å². The zero-order valence-electron chi connectivity index (χ0n) is 13.4. The summed E-state index contributed by atoms with van der Waals surface area (Å²) in [6.07, 6.45) is 0.495. The highest BCUT2D eigenvalue weighted by atomic mass is 32.2. The zero-order chi connectivity index (χ0) is 17.4. The zero-order valence-corrected chi connectivity index (χ0v) is 14.2. The first-order valence-electron chi connectivity index (χ1n) is 7.24. The van der Waals surface area contributed by atoms with E-state index in [0.717, 1.165) is 13.2 Å². The number of esters is 1. The van der Waals surface area contributed by atoms with Crippen LogP contribution in [-0.4, -0.2) is 44.9 Å². The van der Waals surface area contributed by atoms with Crippen LogP contribution in [0, 0.1) is 11.2 Å². The number of benzene rings is 1. The molecule has 1 aromatic carbocycles. The molecule has 0 aromatic heterocycles. The van der Waals surface area contributed by atoms with Gasteiger partial charge < -0.3 is 10.5 Å². The molecule has 6 nitrogen and oxygen atoms in total. The summed E-state index contributed by atoms with van der Waals surface area (Å²) < 4.78 is 45.5. The Morgan fingerprint density at radius 1 is 1.43 bits per heavy atom. The number of ether oxygens (including phenoxy) is 1. The topological polar surface area (TPSA) is 89.7 Å². The highest BCUT2D eigenvalue weighted by Gasteiger charge is 2.40. The van der Waals surface area contributed by atoms with Crippen LogP contribution in [-0.2, 0) is 14.8 Å². The third kappa shape index (κ3) is 3.24. The summed E-state index contributed by atoms with van der Waals surface area (Å²) in [5, 5.41) is 0. The first-order chi connectivity index (χ1) is 10.6. The molecule has 0 amide bonds. The van der Waals surface area contributed by atoms with Crippen molar-refractivity contribution in [1.82, 2.24) is 4.31 Å². The number of methoxy groups -OCH3 is 1. The molecule has 1 heterocycles. The summed E-state index contributed by atoms with van der Waals surface area (Å²) in [7, 11) is -2.95. The van der Waals surface area contributed by atoms with Crippen LogP contribution >= 0.6 is 0 Å². The van der Waals surface area contributed by atoms with Gasteiger partial charge >= 0.3 is 5.97 Å². The molecule has 1 fully saturated rings. The fourth-order valence-corrected chi connectivity index (χ4v) is 4.50. The Labute approximate surface area is 135 Å². The number of halogens is 1. The van der Waals surface area contributed by atoms with E-state index in [4.69, 9.17) is 5.73 Å². The molecule has 128 valence electrons. The Hall–Kier alpha value is -1.51. The maximum absolute atomic E-state index is 14.0. The second kappa shape index (κ2) is 6.18. The molecule has 0 spiro atoms. The van der Waals surface area contributed by atoms with Gasteiger partial charge in [-0.2, -0.15) is 4.31 Å². The average molecular weight is 344 g/mol. The van der Waals surface area contributed by atoms with Crippen molar-refractivity contribution >= 4 is 16.0 Å². The van der Waals surface area contributed by atoms with Crippen LogP contribution in [0.25, 0.3) is 0 Å². The summed E-state index contributed by atoms with van der Waals surface area (Å²) in [5.41, 5.74) is 5.05. The molecule has 1 aliphatic rings. The maximum Gasteiger partial charge on any atom is 0.342 e. The minimum atomic E-state index is -4.03. The summed E-state index contributed by atoms with van der Waals surface area (Å²) in [5.74, 6) is -1.94. The smallest absolute Gasteiger partial charge is 0.342 e. The summed E-state index contributed by atoms with van der Waals surface area (Å²) in [6.45, 7) is 4.19. The van der Waals surface area contributed by atoms with E-state index in [1.165, 1.54) is 16.4 Å². The number of nitrogens with zero attached hydrogens (tertiary/aromatic N) is 1. The molecule has 0 radical (unpaired) electrons. The van der Waals surface area contributed by atoms with Crippen LogP contribution in [0.2, 0.25) is 0 Å². The van der Waals surface area contributed by atoms with Crippen molar-refractivity contribution in [3.8, 4) is 0 Å². The molecule has 2 rings (SSSR count). The third-order valence-electron chi connectivity index (χ3n) is 4.26. The van der Waals surface area contributed by atoms with Crippen molar-refractivity contribution in [2.24, 2.45) is 11.1 Å². The van der Waals surface area contributed by atoms with Gasteiger partial charge in [0.1, 0.15) is 11.4 Å². The van der Waals surface area contributed by atoms with Gasteiger partial charge in [0.05, 0.1) is 12.0 Å². The van der Waals surface area contributed by atoms with Gasteiger partial charge in [0, 0.05) is 19.1 Å². The molecule has 1 atom stereocenters. The van der Waals surface area contributed by atoms with Crippen LogP contribution in [0.15, 0.2) is 23.1 Å². The lowest BCUT2D eigenvalue weighted by molar-refractivity contribution is 0.0590. The van der Waals surface area contributed by atoms with E-state index in [1.54, 1.807) is 0 Å². The van der Waals surface area contributed by atoms with Crippen molar-refractivity contribution < 1.29 is 22.3 Å².